The number of nitrogens with zero attached hydrogens (tertiary/aromatic N) is 2. The number of halogens is 1. The van der Waals surface area contributed by atoms with Gasteiger partial charge in [-0.2, -0.15) is 0 Å². The van der Waals surface area contributed by atoms with Crippen LogP contribution in [0.4, 0.5) is 0 Å². The Balaban J connectivity index is 2.16. The smallest absolute Gasteiger partial charge is 0.261 e. The number of aromatic nitrogens is 2. The first-order chi connectivity index (χ1) is 9.37. The van der Waals surface area contributed by atoms with Gasteiger partial charge in [0.15, 0.2) is 9.84 Å². The van der Waals surface area contributed by atoms with E-state index in [1.54, 1.807) is 18.2 Å². The molecule has 1 aromatic heterocycles. The van der Waals surface area contributed by atoms with Crippen molar-refractivity contribution in [2.24, 2.45) is 0 Å². The SMILES string of the molecule is O=c1c2ccc(Cl)cc2ncn1[C@H]1CS(=O)(=O)C[C@@H]1O. The first-order valence-corrected chi connectivity index (χ1v) is 8.12. The standard InChI is InChI=1S/C12H11ClN2O4S/c13-7-1-2-8-9(3-7)14-6-15(12(8)17)10-4-20(18,19)5-11(10)16/h1-3,6,10-11,16H,4-5H2/t10-,11-/m0/s1. The van der Waals surface area contributed by atoms with Gasteiger partial charge in [-0.1, -0.05) is 11.6 Å². The van der Waals surface area contributed by atoms with Crippen molar-refractivity contribution >= 4 is 32.3 Å². The summed E-state index contributed by atoms with van der Waals surface area (Å²) in [6.07, 6.45) is 0.166. The lowest BCUT2D eigenvalue weighted by molar-refractivity contribution is 0.151. The van der Waals surface area contributed by atoms with E-state index in [0.717, 1.165) is 0 Å². The summed E-state index contributed by atoms with van der Waals surface area (Å²) in [5, 5.41) is 10.6. The fourth-order valence-electron chi connectivity index (χ4n) is 2.42. The van der Waals surface area contributed by atoms with Gasteiger partial charge in [0.05, 0.1) is 40.9 Å². The molecule has 2 heterocycles. The van der Waals surface area contributed by atoms with E-state index in [1.807, 2.05) is 0 Å². The van der Waals surface area contributed by atoms with Gasteiger partial charge >= 0.3 is 0 Å². The van der Waals surface area contributed by atoms with E-state index in [9.17, 15) is 18.3 Å². The molecule has 0 bridgehead atoms. The van der Waals surface area contributed by atoms with Crippen LogP contribution in [0.1, 0.15) is 6.04 Å². The zero-order chi connectivity index (χ0) is 14.5. The van der Waals surface area contributed by atoms with E-state index >= 15 is 0 Å². The van der Waals surface area contributed by atoms with Crippen LogP contribution in [0.2, 0.25) is 5.02 Å². The average Bonchev–Trinajstić information content (AvgIpc) is 2.63. The molecule has 0 unspecified atom stereocenters. The van der Waals surface area contributed by atoms with Crippen LogP contribution in [-0.2, 0) is 9.84 Å². The molecule has 106 valence electrons. The molecule has 2 atom stereocenters. The average molecular weight is 315 g/mol. The van der Waals surface area contributed by atoms with E-state index < -0.39 is 22.0 Å². The lowest BCUT2D eigenvalue weighted by Crippen LogP contribution is -2.31. The number of hydrogen-bond acceptors (Lipinski definition) is 5. The van der Waals surface area contributed by atoms with E-state index in [0.29, 0.717) is 15.9 Å². The molecule has 3 rings (SSSR count). The lowest BCUT2D eigenvalue weighted by atomic mass is 10.2. The van der Waals surface area contributed by atoms with Gasteiger partial charge in [0.2, 0.25) is 0 Å². The van der Waals surface area contributed by atoms with E-state index in [-0.39, 0.29) is 17.1 Å². The number of aliphatic hydroxyl groups is 1. The van der Waals surface area contributed by atoms with Gasteiger partial charge in [-0.25, -0.2) is 13.4 Å². The van der Waals surface area contributed by atoms with Crippen LogP contribution in [0.25, 0.3) is 10.9 Å². The third kappa shape index (κ3) is 2.21. The molecule has 6 nitrogen and oxygen atoms in total. The minimum absolute atomic E-state index is 0.255. The molecule has 0 radical (unpaired) electrons. The Bertz CT molecular complexity index is 846. The highest BCUT2D eigenvalue weighted by atomic mass is 35.5. The van der Waals surface area contributed by atoms with Crippen molar-refractivity contribution < 1.29 is 13.5 Å². The van der Waals surface area contributed by atoms with Crippen molar-refractivity contribution in [3.8, 4) is 0 Å². The molecule has 1 fully saturated rings. The molecule has 0 aliphatic carbocycles. The normalized spacial score (nSPS) is 25.1. The Morgan fingerprint density at radius 3 is 2.75 bits per heavy atom. The first kappa shape index (κ1) is 13.5. The van der Waals surface area contributed by atoms with Crippen LogP contribution >= 0.6 is 11.6 Å². The zero-order valence-electron chi connectivity index (χ0n) is 10.2. The highest BCUT2D eigenvalue weighted by Gasteiger charge is 2.38. The summed E-state index contributed by atoms with van der Waals surface area (Å²) < 4.78 is 24.2. The van der Waals surface area contributed by atoms with Crippen molar-refractivity contribution in [1.29, 1.82) is 0 Å². The lowest BCUT2D eigenvalue weighted by Gasteiger charge is -2.16. The van der Waals surface area contributed by atoms with Crippen molar-refractivity contribution in [3.63, 3.8) is 0 Å². The number of aliphatic hydroxyl groups excluding tert-OH is 1. The van der Waals surface area contributed by atoms with Crippen molar-refractivity contribution in [2.75, 3.05) is 11.5 Å². The van der Waals surface area contributed by atoms with Crippen molar-refractivity contribution in [2.45, 2.75) is 12.1 Å². The van der Waals surface area contributed by atoms with Crippen molar-refractivity contribution in [1.82, 2.24) is 9.55 Å². The third-order valence-corrected chi connectivity index (χ3v) is 5.33. The predicted molar refractivity (Wildman–Crippen MR) is 74.7 cm³/mol. The molecule has 0 amide bonds. The molecule has 0 saturated carbocycles. The number of hydrogen-bond donors (Lipinski definition) is 1. The summed E-state index contributed by atoms with van der Waals surface area (Å²) in [5.74, 6) is -0.586. The second kappa shape index (κ2) is 4.54. The van der Waals surface area contributed by atoms with Crippen LogP contribution in [0.15, 0.2) is 29.3 Å². The summed E-state index contributed by atoms with van der Waals surface area (Å²) in [7, 11) is -3.33. The van der Waals surface area contributed by atoms with Crippen LogP contribution in [0.3, 0.4) is 0 Å². The maximum absolute atomic E-state index is 12.4. The second-order valence-corrected chi connectivity index (χ2v) is 7.42. The van der Waals surface area contributed by atoms with E-state index in [2.05, 4.69) is 4.98 Å². The molecular weight excluding hydrogens is 304 g/mol. The largest absolute Gasteiger partial charge is 0.390 e. The molecule has 1 N–H and O–H groups in total. The van der Waals surface area contributed by atoms with Gasteiger partial charge in [-0.3, -0.25) is 9.36 Å². The number of fused-ring (bicyclic) bond motifs is 1. The third-order valence-electron chi connectivity index (χ3n) is 3.40. The first-order valence-electron chi connectivity index (χ1n) is 5.92. The van der Waals surface area contributed by atoms with Crippen molar-refractivity contribution in [3.05, 3.63) is 39.9 Å². The van der Waals surface area contributed by atoms with E-state index in [4.69, 9.17) is 11.6 Å². The molecular formula is C12H11ClN2O4S. The van der Waals surface area contributed by atoms with Crippen LogP contribution < -0.4 is 5.56 Å². The maximum Gasteiger partial charge on any atom is 0.261 e. The summed E-state index contributed by atoms with van der Waals surface area (Å²) >= 11 is 5.83. The fourth-order valence-corrected chi connectivity index (χ4v) is 4.37. The van der Waals surface area contributed by atoms with Crippen LogP contribution in [0.5, 0.6) is 0 Å². The van der Waals surface area contributed by atoms with Gasteiger partial charge in [0.25, 0.3) is 5.56 Å². The van der Waals surface area contributed by atoms with Crippen LogP contribution in [-0.4, -0.2) is 40.7 Å². The number of rotatable bonds is 1. The monoisotopic (exact) mass is 314 g/mol. The Hall–Kier alpha value is -1.44. The topological polar surface area (TPSA) is 89.3 Å². The van der Waals surface area contributed by atoms with Gasteiger partial charge in [0.1, 0.15) is 0 Å². The highest BCUT2D eigenvalue weighted by Crippen LogP contribution is 2.23. The van der Waals surface area contributed by atoms with Gasteiger partial charge in [0, 0.05) is 5.02 Å². The number of benzene rings is 1. The summed E-state index contributed by atoms with van der Waals surface area (Å²) in [4.78, 5) is 16.5. The Morgan fingerprint density at radius 2 is 2.10 bits per heavy atom. The molecule has 2 aromatic rings. The highest BCUT2D eigenvalue weighted by molar-refractivity contribution is 7.91. The molecule has 1 aromatic carbocycles. The van der Waals surface area contributed by atoms with Gasteiger partial charge in [-0.05, 0) is 18.2 Å². The summed E-state index contributed by atoms with van der Waals surface area (Å²) in [6, 6.07) is 3.88. The van der Waals surface area contributed by atoms with Gasteiger partial charge < -0.3 is 5.11 Å². The quantitative estimate of drug-likeness (QED) is 0.822. The minimum Gasteiger partial charge on any atom is -0.390 e. The predicted octanol–water partition coefficient (Wildman–Crippen LogP) is 0.380. The molecule has 0 spiro atoms. The molecule has 1 aliphatic rings. The molecule has 1 aliphatic heterocycles. The molecule has 20 heavy (non-hydrogen) atoms. The maximum atomic E-state index is 12.4. The summed E-state index contributed by atoms with van der Waals surface area (Å²) in [6.45, 7) is 0. The fraction of sp³-hybridized carbons (Fsp3) is 0.333. The Labute approximate surface area is 119 Å². The summed E-state index contributed by atoms with van der Waals surface area (Å²) in [5.41, 5.74) is 0.0573. The number of sulfone groups is 1. The van der Waals surface area contributed by atoms with Gasteiger partial charge in [-0.15, -0.1) is 0 Å². The Morgan fingerprint density at radius 1 is 1.35 bits per heavy atom. The second-order valence-electron chi connectivity index (χ2n) is 4.83. The minimum atomic E-state index is -3.33. The Kier molecular flexibility index (Phi) is 3.07. The molecule has 8 heteroatoms. The zero-order valence-corrected chi connectivity index (χ0v) is 11.8. The molecule has 1 saturated heterocycles. The van der Waals surface area contributed by atoms with E-state index in [1.165, 1.54) is 10.9 Å². The van der Waals surface area contributed by atoms with Crippen LogP contribution in [0, 0.1) is 0 Å².